The summed E-state index contributed by atoms with van der Waals surface area (Å²) in [7, 11) is 1.61. The molecule has 1 aliphatic heterocycles. The molecule has 38 heavy (non-hydrogen) atoms. The average Bonchev–Trinajstić information content (AvgIpc) is 3.55. The number of nitrogens with one attached hydrogen (secondary N) is 1. The van der Waals surface area contributed by atoms with E-state index < -0.39 is 6.04 Å². The third-order valence-electron chi connectivity index (χ3n) is 7.78. The van der Waals surface area contributed by atoms with E-state index in [4.69, 9.17) is 4.74 Å². The van der Waals surface area contributed by atoms with E-state index in [1.807, 2.05) is 60.7 Å². The minimum absolute atomic E-state index is 0.0261. The number of rotatable bonds is 10. The SMILES string of the molecule is COc1cccc(CN(C(=O)CCCN2C(=O)c3cccc4cccc2c34)C(C)C(=O)NC2CCCC2)c1. The first kappa shape index (κ1) is 25.8. The third-order valence-corrected chi connectivity index (χ3v) is 7.78. The van der Waals surface area contributed by atoms with Gasteiger partial charge in [-0.25, -0.2) is 0 Å². The first-order chi connectivity index (χ1) is 18.5. The molecule has 0 spiro atoms. The van der Waals surface area contributed by atoms with Crippen molar-refractivity contribution < 1.29 is 19.1 Å². The van der Waals surface area contributed by atoms with E-state index in [1.54, 1.807) is 23.8 Å². The number of carbonyl (C=O) groups is 3. The highest BCUT2D eigenvalue weighted by molar-refractivity contribution is 6.25. The molecule has 1 fully saturated rings. The maximum atomic E-state index is 13.6. The van der Waals surface area contributed by atoms with Crippen LogP contribution in [-0.4, -0.2) is 48.4 Å². The van der Waals surface area contributed by atoms with Gasteiger partial charge in [0, 0.05) is 36.5 Å². The number of carbonyl (C=O) groups excluding carboxylic acids is 3. The maximum absolute atomic E-state index is 13.6. The van der Waals surface area contributed by atoms with E-state index in [9.17, 15) is 14.4 Å². The van der Waals surface area contributed by atoms with Gasteiger partial charge in [0.25, 0.3) is 5.91 Å². The van der Waals surface area contributed by atoms with Crippen LogP contribution in [0, 0.1) is 0 Å². The predicted molar refractivity (Wildman–Crippen MR) is 148 cm³/mol. The number of nitrogens with zero attached hydrogens (tertiary/aromatic N) is 2. The predicted octanol–water partition coefficient (Wildman–Crippen LogP) is 5.06. The van der Waals surface area contributed by atoms with Gasteiger partial charge in [-0.1, -0.05) is 49.2 Å². The first-order valence-electron chi connectivity index (χ1n) is 13.5. The molecule has 2 aliphatic rings. The average molecular weight is 514 g/mol. The topological polar surface area (TPSA) is 79.0 Å². The summed E-state index contributed by atoms with van der Waals surface area (Å²) >= 11 is 0. The van der Waals surface area contributed by atoms with E-state index in [2.05, 4.69) is 5.32 Å². The zero-order chi connectivity index (χ0) is 26.6. The van der Waals surface area contributed by atoms with Crippen LogP contribution in [0.2, 0.25) is 0 Å². The lowest BCUT2D eigenvalue weighted by molar-refractivity contribution is -0.141. The van der Waals surface area contributed by atoms with Crippen molar-refractivity contribution in [1.82, 2.24) is 10.2 Å². The molecule has 0 radical (unpaired) electrons. The molecule has 0 bridgehead atoms. The molecule has 0 aromatic heterocycles. The second-order valence-corrected chi connectivity index (χ2v) is 10.3. The van der Waals surface area contributed by atoms with Crippen LogP contribution in [0.25, 0.3) is 10.8 Å². The maximum Gasteiger partial charge on any atom is 0.258 e. The molecule has 1 saturated carbocycles. The summed E-state index contributed by atoms with van der Waals surface area (Å²) in [4.78, 5) is 43.2. The number of ether oxygens (including phenoxy) is 1. The number of hydrogen-bond acceptors (Lipinski definition) is 4. The summed E-state index contributed by atoms with van der Waals surface area (Å²) in [5.41, 5.74) is 2.50. The Hall–Kier alpha value is -3.87. The molecule has 1 atom stereocenters. The van der Waals surface area contributed by atoms with Crippen molar-refractivity contribution in [3.8, 4) is 5.75 Å². The van der Waals surface area contributed by atoms with Crippen molar-refractivity contribution >= 4 is 34.2 Å². The first-order valence-corrected chi connectivity index (χ1v) is 13.5. The lowest BCUT2D eigenvalue weighted by Crippen LogP contribution is -2.49. The molecule has 1 heterocycles. The highest BCUT2D eigenvalue weighted by atomic mass is 16.5. The van der Waals surface area contributed by atoms with Crippen LogP contribution in [0.1, 0.15) is 61.4 Å². The molecule has 198 valence electrons. The molecule has 1 N–H and O–H groups in total. The van der Waals surface area contributed by atoms with Gasteiger partial charge in [0.1, 0.15) is 11.8 Å². The standard InChI is InChI=1S/C31H35N3O4/c1-21(30(36)32-24-12-3-4-13-24)34(20-22-9-5-14-25(19-22)38-2)28(35)17-8-18-33-27-16-7-11-23-10-6-15-26(29(23)27)31(33)37/h5-7,9-11,14-16,19,21,24H,3-4,8,12-13,17-18,20H2,1-2H3,(H,32,36). The fourth-order valence-electron chi connectivity index (χ4n) is 5.68. The Labute approximate surface area is 223 Å². The second kappa shape index (κ2) is 11.3. The van der Waals surface area contributed by atoms with E-state index in [0.717, 1.165) is 47.7 Å². The van der Waals surface area contributed by atoms with Gasteiger partial charge in [-0.15, -0.1) is 0 Å². The van der Waals surface area contributed by atoms with Crippen LogP contribution in [-0.2, 0) is 16.1 Å². The smallest absolute Gasteiger partial charge is 0.258 e. The quantitative estimate of drug-likeness (QED) is 0.411. The fourth-order valence-corrected chi connectivity index (χ4v) is 5.68. The van der Waals surface area contributed by atoms with Crippen LogP contribution >= 0.6 is 0 Å². The number of benzene rings is 3. The largest absolute Gasteiger partial charge is 0.497 e. The van der Waals surface area contributed by atoms with Crippen molar-refractivity contribution in [2.45, 2.75) is 64.1 Å². The van der Waals surface area contributed by atoms with Gasteiger partial charge in [0.2, 0.25) is 11.8 Å². The Morgan fingerprint density at radius 3 is 2.58 bits per heavy atom. The monoisotopic (exact) mass is 513 g/mol. The van der Waals surface area contributed by atoms with Crippen molar-refractivity contribution in [3.05, 3.63) is 71.8 Å². The molecule has 1 unspecified atom stereocenters. The zero-order valence-electron chi connectivity index (χ0n) is 22.1. The van der Waals surface area contributed by atoms with E-state index in [-0.39, 0.29) is 30.2 Å². The number of amides is 3. The highest BCUT2D eigenvalue weighted by Gasteiger charge is 2.31. The summed E-state index contributed by atoms with van der Waals surface area (Å²) < 4.78 is 5.36. The van der Waals surface area contributed by atoms with Crippen molar-refractivity contribution in [2.75, 3.05) is 18.6 Å². The molecular weight excluding hydrogens is 478 g/mol. The third kappa shape index (κ3) is 5.23. The summed E-state index contributed by atoms with van der Waals surface area (Å²) in [6.07, 6.45) is 4.96. The summed E-state index contributed by atoms with van der Waals surface area (Å²) in [5.74, 6) is 0.454. The summed E-state index contributed by atoms with van der Waals surface area (Å²) in [6, 6.07) is 18.9. The Balaban J connectivity index is 1.28. The van der Waals surface area contributed by atoms with Gasteiger partial charge in [0.15, 0.2) is 0 Å². The molecule has 7 nitrogen and oxygen atoms in total. The molecule has 0 saturated heterocycles. The minimum Gasteiger partial charge on any atom is -0.497 e. The summed E-state index contributed by atoms with van der Waals surface area (Å²) in [5, 5.41) is 5.16. The Morgan fingerprint density at radius 2 is 1.82 bits per heavy atom. The Morgan fingerprint density at radius 1 is 1.08 bits per heavy atom. The molecular formula is C31H35N3O4. The van der Waals surface area contributed by atoms with E-state index in [1.165, 1.54) is 0 Å². The van der Waals surface area contributed by atoms with Gasteiger partial charge in [-0.3, -0.25) is 14.4 Å². The number of hydrogen-bond donors (Lipinski definition) is 1. The second-order valence-electron chi connectivity index (χ2n) is 10.3. The van der Waals surface area contributed by atoms with Gasteiger partial charge in [0.05, 0.1) is 12.8 Å². The van der Waals surface area contributed by atoms with Crippen LogP contribution in [0.15, 0.2) is 60.7 Å². The molecule has 7 heteroatoms. The summed E-state index contributed by atoms with van der Waals surface area (Å²) in [6.45, 7) is 2.54. The van der Waals surface area contributed by atoms with Crippen LogP contribution in [0.4, 0.5) is 5.69 Å². The fraction of sp³-hybridized carbons (Fsp3) is 0.387. The Bertz CT molecular complexity index is 1340. The molecule has 3 amide bonds. The zero-order valence-corrected chi connectivity index (χ0v) is 22.1. The van der Waals surface area contributed by atoms with Crippen molar-refractivity contribution in [2.24, 2.45) is 0 Å². The van der Waals surface area contributed by atoms with Crippen LogP contribution in [0.3, 0.4) is 0 Å². The number of anilines is 1. The van der Waals surface area contributed by atoms with Gasteiger partial charge in [-0.2, -0.15) is 0 Å². The highest BCUT2D eigenvalue weighted by Crippen LogP contribution is 2.37. The van der Waals surface area contributed by atoms with Crippen LogP contribution in [0.5, 0.6) is 5.75 Å². The molecule has 5 rings (SSSR count). The number of methoxy groups -OCH3 is 1. The molecule has 3 aromatic rings. The van der Waals surface area contributed by atoms with Crippen molar-refractivity contribution in [1.29, 1.82) is 0 Å². The minimum atomic E-state index is -0.610. The lowest BCUT2D eigenvalue weighted by Gasteiger charge is -2.30. The normalized spacial score (nSPS) is 15.6. The lowest BCUT2D eigenvalue weighted by atomic mass is 10.1. The molecule has 1 aliphatic carbocycles. The van der Waals surface area contributed by atoms with E-state index in [0.29, 0.717) is 30.8 Å². The van der Waals surface area contributed by atoms with E-state index >= 15 is 0 Å². The Kier molecular flexibility index (Phi) is 7.63. The van der Waals surface area contributed by atoms with Gasteiger partial charge >= 0.3 is 0 Å². The van der Waals surface area contributed by atoms with Crippen LogP contribution < -0.4 is 15.0 Å². The van der Waals surface area contributed by atoms with Crippen molar-refractivity contribution in [3.63, 3.8) is 0 Å². The van der Waals surface area contributed by atoms with Gasteiger partial charge < -0.3 is 19.9 Å². The van der Waals surface area contributed by atoms with Gasteiger partial charge in [-0.05, 0) is 61.4 Å². The molecule has 3 aromatic carbocycles.